The highest BCUT2D eigenvalue weighted by molar-refractivity contribution is 6.62. The first-order valence-corrected chi connectivity index (χ1v) is 4.56. The Kier molecular flexibility index (Phi) is 4.12. The minimum atomic E-state index is -0.941. The molecular formula is C11H10N2O3. The Morgan fingerprint density at radius 3 is 2.44 bits per heavy atom. The van der Waals surface area contributed by atoms with Crippen LogP contribution in [0.4, 0.5) is 0 Å². The second-order valence-electron chi connectivity index (χ2n) is 3.03. The van der Waals surface area contributed by atoms with Crippen LogP contribution in [0.15, 0.2) is 30.3 Å². The molecule has 0 N–H and O–H groups in total. The first-order valence-electron chi connectivity index (χ1n) is 4.56. The predicted molar refractivity (Wildman–Crippen MR) is 55.8 cm³/mol. The fourth-order valence-corrected chi connectivity index (χ4v) is 1.17. The largest absolute Gasteiger partial charge is 0.460 e. The van der Waals surface area contributed by atoms with Gasteiger partial charge in [-0.3, -0.25) is 4.79 Å². The zero-order chi connectivity index (χ0) is 12.0. The number of nitrogens with zero attached hydrogens (tertiary/aromatic N) is 2. The Morgan fingerprint density at radius 1 is 1.31 bits per heavy atom. The molecule has 0 heterocycles. The summed E-state index contributed by atoms with van der Waals surface area (Å²) in [6.07, 6.45) is -0.00463. The van der Waals surface area contributed by atoms with E-state index >= 15 is 0 Å². The number of ketones is 1. The fourth-order valence-electron chi connectivity index (χ4n) is 1.17. The number of carbonyl (C=O) groups is 2. The lowest BCUT2D eigenvalue weighted by molar-refractivity contribution is -0.139. The van der Waals surface area contributed by atoms with E-state index in [-0.39, 0.29) is 6.42 Å². The first-order chi connectivity index (χ1) is 7.69. The number of benzene rings is 1. The highest BCUT2D eigenvalue weighted by Gasteiger charge is 2.29. The number of ether oxygens (including phenoxy) is 1. The lowest BCUT2D eigenvalue weighted by atomic mass is 10.1. The number of rotatable bonds is 4. The Balaban J connectivity index is 2.80. The summed E-state index contributed by atoms with van der Waals surface area (Å²) in [5.41, 5.74) is 8.68. The normalized spacial score (nSPS) is 9.06. The Bertz CT molecular complexity index is 448. The Morgan fingerprint density at radius 2 is 1.94 bits per heavy atom. The van der Waals surface area contributed by atoms with E-state index in [1.165, 1.54) is 0 Å². The van der Waals surface area contributed by atoms with Crippen molar-refractivity contribution in [3.63, 3.8) is 0 Å². The molecule has 0 aliphatic rings. The van der Waals surface area contributed by atoms with Gasteiger partial charge in [0.1, 0.15) is 0 Å². The molecule has 0 bridgehead atoms. The molecule has 1 aromatic rings. The van der Waals surface area contributed by atoms with Crippen molar-refractivity contribution in [3.05, 3.63) is 41.4 Å². The fraction of sp³-hybridized carbons (Fsp3) is 0.182. The van der Waals surface area contributed by atoms with E-state index in [2.05, 4.69) is 9.53 Å². The van der Waals surface area contributed by atoms with Crippen LogP contribution < -0.4 is 0 Å². The second kappa shape index (κ2) is 5.58. The summed E-state index contributed by atoms with van der Waals surface area (Å²) in [5.74, 6) is -1.52. The maximum absolute atomic E-state index is 11.6. The molecule has 16 heavy (non-hydrogen) atoms. The smallest absolute Gasteiger partial charge is 0.441 e. The van der Waals surface area contributed by atoms with Gasteiger partial charge >= 0.3 is 11.7 Å². The number of Topliss-reactive ketones (excluding diaryl/α,β-unsaturated/α-hetero) is 1. The standard InChI is InChI=1S/C11H10N2O3/c1-16-11(15)10(13-12)9(14)7-8-5-3-2-4-6-8/h2-6H,7H2,1H3. The maximum Gasteiger partial charge on any atom is 0.441 e. The first kappa shape index (κ1) is 11.8. The molecule has 0 radical (unpaired) electrons. The summed E-state index contributed by atoms with van der Waals surface area (Å²) in [7, 11) is 1.11. The molecule has 1 rings (SSSR count). The van der Waals surface area contributed by atoms with Crippen molar-refractivity contribution in [2.45, 2.75) is 6.42 Å². The van der Waals surface area contributed by atoms with Crippen LogP contribution in [0.1, 0.15) is 5.56 Å². The van der Waals surface area contributed by atoms with Gasteiger partial charge in [0.05, 0.1) is 7.11 Å². The van der Waals surface area contributed by atoms with Crippen molar-refractivity contribution < 1.29 is 19.1 Å². The SMILES string of the molecule is COC(=O)C(=[N+]=[N-])C(=O)Cc1ccccc1. The molecule has 0 spiro atoms. The molecule has 0 amide bonds. The summed E-state index contributed by atoms with van der Waals surface area (Å²) in [6, 6.07) is 8.84. The van der Waals surface area contributed by atoms with Crippen LogP contribution in [-0.2, 0) is 20.7 Å². The van der Waals surface area contributed by atoms with Crippen LogP contribution in [0, 0.1) is 0 Å². The van der Waals surface area contributed by atoms with Crippen LogP contribution in [0.5, 0.6) is 0 Å². The number of hydrogen-bond acceptors (Lipinski definition) is 3. The molecule has 0 saturated heterocycles. The van der Waals surface area contributed by atoms with Crippen molar-refractivity contribution in [3.8, 4) is 0 Å². The van der Waals surface area contributed by atoms with E-state index in [9.17, 15) is 9.59 Å². The van der Waals surface area contributed by atoms with Crippen LogP contribution in [0.3, 0.4) is 0 Å². The van der Waals surface area contributed by atoms with Crippen LogP contribution in [0.2, 0.25) is 0 Å². The van der Waals surface area contributed by atoms with Crippen molar-refractivity contribution in [1.82, 2.24) is 0 Å². The van der Waals surface area contributed by atoms with Crippen LogP contribution in [-0.4, -0.2) is 29.4 Å². The van der Waals surface area contributed by atoms with Crippen LogP contribution in [0.25, 0.3) is 5.53 Å². The van der Waals surface area contributed by atoms with Gasteiger partial charge < -0.3 is 10.3 Å². The zero-order valence-corrected chi connectivity index (χ0v) is 8.71. The molecule has 0 atom stereocenters. The summed E-state index contributed by atoms with van der Waals surface area (Å²) < 4.78 is 4.31. The van der Waals surface area contributed by atoms with E-state index in [0.717, 1.165) is 12.7 Å². The van der Waals surface area contributed by atoms with E-state index in [1.54, 1.807) is 24.3 Å². The summed E-state index contributed by atoms with van der Waals surface area (Å²) in [5, 5.41) is 0. The Labute approximate surface area is 92.3 Å². The van der Waals surface area contributed by atoms with Crippen molar-refractivity contribution >= 4 is 17.5 Å². The van der Waals surface area contributed by atoms with E-state index in [4.69, 9.17) is 5.53 Å². The topological polar surface area (TPSA) is 79.8 Å². The molecule has 0 unspecified atom stereocenters. The highest BCUT2D eigenvalue weighted by Crippen LogP contribution is 2.01. The average Bonchev–Trinajstić information content (AvgIpc) is 2.31. The molecule has 5 nitrogen and oxygen atoms in total. The summed E-state index contributed by atoms with van der Waals surface area (Å²) in [6.45, 7) is 0. The Hall–Kier alpha value is -2.26. The summed E-state index contributed by atoms with van der Waals surface area (Å²) in [4.78, 5) is 25.2. The molecule has 0 aliphatic carbocycles. The zero-order valence-electron chi connectivity index (χ0n) is 8.71. The lowest BCUT2D eigenvalue weighted by Gasteiger charge is -1.96. The number of hydrogen-bond donors (Lipinski definition) is 0. The van der Waals surface area contributed by atoms with Gasteiger partial charge in [0, 0.05) is 6.42 Å². The molecule has 1 aromatic carbocycles. The number of methoxy groups -OCH3 is 1. The van der Waals surface area contributed by atoms with Gasteiger partial charge in [-0.1, -0.05) is 30.3 Å². The second-order valence-corrected chi connectivity index (χ2v) is 3.03. The molecule has 5 heteroatoms. The minimum absolute atomic E-state index is 0.00463. The maximum atomic E-state index is 11.6. The van der Waals surface area contributed by atoms with Gasteiger partial charge in [-0.2, -0.15) is 4.79 Å². The third kappa shape index (κ3) is 2.87. The lowest BCUT2D eigenvalue weighted by Crippen LogP contribution is -2.27. The molecule has 0 aromatic heterocycles. The van der Waals surface area contributed by atoms with Gasteiger partial charge in [0.25, 0.3) is 5.78 Å². The average molecular weight is 218 g/mol. The van der Waals surface area contributed by atoms with Crippen molar-refractivity contribution in [2.75, 3.05) is 7.11 Å². The molecule has 0 aliphatic heterocycles. The summed E-state index contributed by atoms with van der Waals surface area (Å²) >= 11 is 0. The third-order valence-electron chi connectivity index (χ3n) is 1.95. The number of carbonyl (C=O) groups excluding carboxylic acids is 2. The van der Waals surface area contributed by atoms with Gasteiger partial charge in [-0.15, -0.1) is 0 Å². The van der Waals surface area contributed by atoms with Crippen molar-refractivity contribution in [1.29, 1.82) is 0 Å². The third-order valence-corrected chi connectivity index (χ3v) is 1.95. The molecular weight excluding hydrogens is 208 g/mol. The highest BCUT2D eigenvalue weighted by atomic mass is 16.5. The van der Waals surface area contributed by atoms with Gasteiger partial charge in [0.15, 0.2) is 0 Å². The predicted octanol–water partition coefficient (Wildman–Crippen LogP) is 0.642. The van der Waals surface area contributed by atoms with Crippen molar-refractivity contribution in [2.24, 2.45) is 0 Å². The number of esters is 1. The molecule has 0 fully saturated rings. The van der Waals surface area contributed by atoms with E-state index < -0.39 is 17.5 Å². The van der Waals surface area contributed by atoms with Gasteiger partial charge in [-0.05, 0) is 5.56 Å². The van der Waals surface area contributed by atoms with Gasteiger partial charge in [0.2, 0.25) is 0 Å². The quantitative estimate of drug-likeness (QED) is 0.244. The van der Waals surface area contributed by atoms with Crippen LogP contribution >= 0.6 is 0 Å². The van der Waals surface area contributed by atoms with E-state index in [1.807, 2.05) is 6.07 Å². The minimum Gasteiger partial charge on any atom is -0.460 e. The molecule has 0 saturated carbocycles. The van der Waals surface area contributed by atoms with E-state index in [0.29, 0.717) is 0 Å². The monoisotopic (exact) mass is 218 g/mol. The molecule has 82 valence electrons. The van der Waals surface area contributed by atoms with Gasteiger partial charge in [-0.25, -0.2) is 4.79 Å².